The maximum atomic E-state index is 8.82. The fourth-order valence-corrected chi connectivity index (χ4v) is 1.32. The first-order chi connectivity index (χ1) is 6.41. The summed E-state index contributed by atoms with van der Waals surface area (Å²) in [6.45, 7) is 11.6. The molecule has 0 aromatic rings. The summed E-state index contributed by atoms with van der Waals surface area (Å²) in [4.78, 5) is 2.23. The average Bonchev–Trinajstić information content (AvgIpc) is 2.10. The van der Waals surface area contributed by atoms with Gasteiger partial charge in [-0.15, -0.1) is 0 Å². The molecule has 86 valence electrons. The van der Waals surface area contributed by atoms with Gasteiger partial charge in [0.2, 0.25) is 0 Å². The van der Waals surface area contributed by atoms with Crippen LogP contribution in [0.5, 0.6) is 0 Å². The molecule has 0 heterocycles. The van der Waals surface area contributed by atoms with E-state index >= 15 is 0 Å². The molecular formula is C11H26N2O. The zero-order chi connectivity index (χ0) is 11.2. The highest BCUT2D eigenvalue weighted by molar-refractivity contribution is 4.77. The van der Waals surface area contributed by atoms with E-state index in [2.05, 4.69) is 32.6 Å². The molecule has 0 aromatic carbocycles. The smallest absolute Gasteiger partial charge is 0.0558 e. The summed E-state index contributed by atoms with van der Waals surface area (Å²) in [5, 5.41) is 8.82. The van der Waals surface area contributed by atoms with Crippen LogP contribution >= 0.6 is 0 Å². The van der Waals surface area contributed by atoms with E-state index in [0.29, 0.717) is 0 Å². The van der Waals surface area contributed by atoms with Crippen molar-refractivity contribution in [3.05, 3.63) is 0 Å². The number of aliphatic hydroxyl groups is 1. The van der Waals surface area contributed by atoms with Crippen molar-refractivity contribution in [2.75, 3.05) is 26.2 Å². The van der Waals surface area contributed by atoms with Crippen molar-refractivity contribution < 1.29 is 5.11 Å². The van der Waals surface area contributed by atoms with Crippen LogP contribution in [0.1, 0.15) is 34.1 Å². The van der Waals surface area contributed by atoms with E-state index in [-0.39, 0.29) is 18.1 Å². The van der Waals surface area contributed by atoms with Gasteiger partial charge in [-0.25, -0.2) is 0 Å². The van der Waals surface area contributed by atoms with Gasteiger partial charge < -0.3 is 15.7 Å². The quantitative estimate of drug-likeness (QED) is 0.677. The molecule has 0 rings (SSSR count). The van der Waals surface area contributed by atoms with Crippen LogP contribution in [-0.2, 0) is 0 Å². The summed E-state index contributed by atoms with van der Waals surface area (Å²) in [5.74, 6) is 0. The Bertz CT molecular complexity index is 143. The Kier molecular flexibility index (Phi) is 6.33. The number of hydrogen-bond acceptors (Lipinski definition) is 3. The SMILES string of the molecule is CCN(CCO)CCC(N)C(C)(C)C. The molecule has 1 atom stereocenters. The molecule has 0 saturated heterocycles. The highest BCUT2D eigenvalue weighted by Crippen LogP contribution is 2.19. The second-order valence-electron chi connectivity index (χ2n) is 4.92. The van der Waals surface area contributed by atoms with Crippen LogP contribution in [0.2, 0.25) is 0 Å². The summed E-state index contributed by atoms with van der Waals surface area (Å²) in [5.41, 5.74) is 6.24. The average molecular weight is 202 g/mol. The Balaban J connectivity index is 3.79. The fourth-order valence-electron chi connectivity index (χ4n) is 1.32. The highest BCUT2D eigenvalue weighted by Gasteiger charge is 2.20. The number of rotatable bonds is 6. The minimum absolute atomic E-state index is 0.179. The normalized spacial score (nSPS) is 14.8. The van der Waals surface area contributed by atoms with Gasteiger partial charge in [-0.05, 0) is 24.9 Å². The van der Waals surface area contributed by atoms with E-state index in [1.807, 2.05) is 0 Å². The van der Waals surface area contributed by atoms with Gasteiger partial charge in [0.05, 0.1) is 6.61 Å². The van der Waals surface area contributed by atoms with Crippen LogP contribution in [0.25, 0.3) is 0 Å². The predicted octanol–water partition coefficient (Wildman–Crippen LogP) is 1.06. The van der Waals surface area contributed by atoms with Gasteiger partial charge in [-0.3, -0.25) is 0 Å². The largest absolute Gasteiger partial charge is 0.395 e. The summed E-state index contributed by atoms with van der Waals surface area (Å²) in [6.07, 6.45) is 0.997. The molecule has 0 aliphatic rings. The number of hydrogen-bond donors (Lipinski definition) is 2. The second-order valence-corrected chi connectivity index (χ2v) is 4.92. The first kappa shape index (κ1) is 13.9. The molecule has 14 heavy (non-hydrogen) atoms. The summed E-state index contributed by atoms with van der Waals surface area (Å²) in [7, 11) is 0. The lowest BCUT2D eigenvalue weighted by Crippen LogP contribution is -2.39. The van der Waals surface area contributed by atoms with E-state index < -0.39 is 0 Å². The van der Waals surface area contributed by atoms with Crippen LogP contribution in [0.4, 0.5) is 0 Å². The Hall–Kier alpha value is -0.120. The van der Waals surface area contributed by atoms with Crippen molar-refractivity contribution in [1.82, 2.24) is 4.90 Å². The first-order valence-corrected chi connectivity index (χ1v) is 5.50. The van der Waals surface area contributed by atoms with E-state index in [4.69, 9.17) is 10.8 Å². The third-order valence-corrected chi connectivity index (χ3v) is 2.73. The topological polar surface area (TPSA) is 49.5 Å². The van der Waals surface area contributed by atoms with Crippen LogP contribution in [0.15, 0.2) is 0 Å². The molecule has 0 aliphatic carbocycles. The van der Waals surface area contributed by atoms with Crippen molar-refractivity contribution in [2.24, 2.45) is 11.1 Å². The van der Waals surface area contributed by atoms with Crippen LogP contribution in [0, 0.1) is 5.41 Å². The van der Waals surface area contributed by atoms with Crippen molar-refractivity contribution >= 4 is 0 Å². The minimum Gasteiger partial charge on any atom is -0.395 e. The highest BCUT2D eigenvalue weighted by atomic mass is 16.3. The minimum atomic E-state index is 0.179. The number of aliphatic hydroxyl groups excluding tert-OH is 1. The molecule has 0 aromatic heterocycles. The van der Waals surface area contributed by atoms with Crippen molar-refractivity contribution in [3.63, 3.8) is 0 Å². The van der Waals surface area contributed by atoms with E-state index in [1.165, 1.54) is 0 Å². The van der Waals surface area contributed by atoms with Gasteiger partial charge in [-0.2, -0.15) is 0 Å². The predicted molar refractivity (Wildman–Crippen MR) is 61.2 cm³/mol. The van der Waals surface area contributed by atoms with Gasteiger partial charge in [-0.1, -0.05) is 27.7 Å². The van der Waals surface area contributed by atoms with E-state index in [9.17, 15) is 0 Å². The molecule has 1 unspecified atom stereocenters. The van der Waals surface area contributed by atoms with Gasteiger partial charge >= 0.3 is 0 Å². The Morgan fingerprint density at radius 1 is 1.29 bits per heavy atom. The second kappa shape index (κ2) is 6.38. The lowest BCUT2D eigenvalue weighted by molar-refractivity contribution is 0.186. The molecule has 0 spiro atoms. The lowest BCUT2D eigenvalue weighted by Gasteiger charge is -2.29. The molecule has 0 radical (unpaired) electrons. The standard InChI is InChI=1S/C11H26N2O/c1-5-13(8-9-14)7-6-10(12)11(2,3)4/h10,14H,5-9,12H2,1-4H3. The number of nitrogens with two attached hydrogens (primary N) is 1. The van der Waals surface area contributed by atoms with Gasteiger partial charge in [0.25, 0.3) is 0 Å². The van der Waals surface area contributed by atoms with E-state index in [1.54, 1.807) is 0 Å². The van der Waals surface area contributed by atoms with Crippen LogP contribution < -0.4 is 5.73 Å². The van der Waals surface area contributed by atoms with Gasteiger partial charge in [0.15, 0.2) is 0 Å². The Morgan fingerprint density at radius 3 is 2.21 bits per heavy atom. The molecule has 0 amide bonds. The summed E-state index contributed by atoms with van der Waals surface area (Å²) >= 11 is 0. The maximum Gasteiger partial charge on any atom is 0.0558 e. The third kappa shape index (κ3) is 5.58. The molecule has 0 saturated carbocycles. The van der Waals surface area contributed by atoms with Crippen LogP contribution in [-0.4, -0.2) is 42.3 Å². The van der Waals surface area contributed by atoms with Gasteiger partial charge in [0.1, 0.15) is 0 Å². The molecule has 0 bridgehead atoms. The van der Waals surface area contributed by atoms with Crippen molar-refractivity contribution in [2.45, 2.75) is 40.2 Å². The van der Waals surface area contributed by atoms with Gasteiger partial charge in [0, 0.05) is 12.6 Å². The van der Waals surface area contributed by atoms with Crippen molar-refractivity contribution in [3.8, 4) is 0 Å². The molecule has 0 aliphatic heterocycles. The van der Waals surface area contributed by atoms with Crippen molar-refractivity contribution in [1.29, 1.82) is 0 Å². The zero-order valence-electron chi connectivity index (χ0n) is 10.1. The summed E-state index contributed by atoms with van der Waals surface area (Å²) in [6, 6.07) is 0.232. The first-order valence-electron chi connectivity index (χ1n) is 5.50. The van der Waals surface area contributed by atoms with Crippen LogP contribution in [0.3, 0.4) is 0 Å². The fraction of sp³-hybridized carbons (Fsp3) is 1.00. The monoisotopic (exact) mass is 202 g/mol. The molecule has 3 nitrogen and oxygen atoms in total. The Labute approximate surface area is 88.3 Å². The lowest BCUT2D eigenvalue weighted by atomic mass is 9.85. The molecule has 3 heteroatoms. The molecular weight excluding hydrogens is 176 g/mol. The number of nitrogens with zero attached hydrogens (tertiary/aromatic N) is 1. The van der Waals surface area contributed by atoms with E-state index in [0.717, 1.165) is 26.1 Å². The Morgan fingerprint density at radius 2 is 1.86 bits per heavy atom. The zero-order valence-corrected chi connectivity index (χ0v) is 10.1. The summed E-state index contributed by atoms with van der Waals surface area (Å²) < 4.78 is 0. The molecule has 0 fully saturated rings. The third-order valence-electron chi connectivity index (χ3n) is 2.73. The maximum absolute atomic E-state index is 8.82. The number of likely N-dealkylation sites (N-methyl/N-ethyl adjacent to an activating group) is 1. The molecule has 3 N–H and O–H groups in total.